The SMILES string of the molecule is COCc1csc(CN2CCNC(=O)C2c2ccccc2Cl)c1. The molecule has 23 heavy (non-hydrogen) atoms. The fourth-order valence-electron chi connectivity index (χ4n) is 2.87. The molecule has 4 nitrogen and oxygen atoms in total. The first-order valence-corrected chi connectivity index (χ1v) is 8.76. The standard InChI is InChI=1S/C17H19ClN2O2S/c1-22-10-12-8-13(23-11-12)9-20-7-6-19-17(21)16(20)14-4-2-3-5-15(14)18/h2-5,8,11,16H,6-7,9-10H2,1H3,(H,19,21). The molecule has 1 aliphatic rings. The van der Waals surface area contributed by atoms with Crippen molar-refractivity contribution in [1.82, 2.24) is 10.2 Å². The summed E-state index contributed by atoms with van der Waals surface area (Å²) in [6, 6.07) is 9.36. The van der Waals surface area contributed by atoms with Gasteiger partial charge in [0, 0.05) is 36.6 Å². The summed E-state index contributed by atoms with van der Waals surface area (Å²) in [7, 11) is 1.69. The van der Waals surface area contributed by atoms with Crippen LogP contribution in [0.15, 0.2) is 35.7 Å². The number of amides is 1. The van der Waals surface area contributed by atoms with Crippen LogP contribution in [0.4, 0.5) is 0 Å². The molecule has 1 fully saturated rings. The Morgan fingerprint density at radius 1 is 1.43 bits per heavy atom. The summed E-state index contributed by atoms with van der Waals surface area (Å²) in [6.45, 7) is 2.82. The van der Waals surface area contributed by atoms with Crippen LogP contribution in [0.5, 0.6) is 0 Å². The maximum atomic E-state index is 12.4. The fraction of sp³-hybridized carbons (Fsp3) is 0.353. The lowest BCUT2D eigenvalue weighted by Gasteiger charge is -2.35. The van der Waals surface area contributed by atoms with Gasteiger partial charge >= 0.3 is 0 Å². The molecule has 0 spiro atoms. The molecule has 1 amide bonds. The monoisotopic (exact) mass is 350 g/mol. The van der Waals surface area contributed by atoms with Crippen LogP contribution in [0, 0.1) is 0 Å². The highest BCUT2D eigenvalue weighted by Crippen LogP contribution is 2.31. The molecule has 1 aliphatic heterocycles. The smallest absolute Gasteiger partial charge is 0.242 e. The number of nitrogens with one attached hydrogen (secondary N) is 1. The van der Waals surface area contributed by atoms with E-state index in [-0.39, 0.29) is 11.9 Å². The highest BCUT2D eigenvalue weighted by atomic mass is 35.5. The number of halogens is 1. The second-order valence-electron chi connectivity index (χ2n) is 5.54. The van der Waals surface area contributed by atoms with Gasteiger partial charge in [-0.3, -0.25) is 9.69 Å². The third kappa shape index (κ3) is 3.75. The summed E-state index contributed by atoms with van der Waals surface area (Å²) in [5.74, 6) is 0.0121. The number of carbonyl (C=O) groups excluding carboxylic acids is 1. The van der Waals surface area contributed by atoms with E-state index in [2.05, 4.69) is 21.7 Å². The number of nitrogens with zero attached hydrogens (tertiary/aromatic N) is 1. The van der Waals surface area contributed by atoms with Crippen LogP contribution in [0.2, 0.25) is 5.02 Å². The Bertz CT molecular complexity index is 689. The molecule has 0 aliphatic carbocycles. The van der Waals surface area contributed by atoms with E-state index in [0.29, 0.717) is 18.2 Å². The number of thiophene rings is 1. The van der Waals surface area contributed by atoms with E-state index in [1.165, 1.54) is 10.4 Å². The minimum absolute atomic E-state index is 0.0121. The first-order valence-electron chi connectivity index (χ1n) is 7.50. The minimum Gasteiger partial charge on any atom is -0.380 e. The largest absolute Gasteiger partial charge is 0.380 e. The number of carbonyl (C=O) groups is 1. The van der Waals surface area contributed by atoms with Crippen LogP contribution in [-0.2, 0) is 22.7 Å². The van der Waals surface area contributed by atoms with Gasteiger partial charge in [0.2, 0.25) is 5.91 Å². The summed E-state index contributed by atoms with van der Waals surface area (Å²) in [5.41, 5.74) is 2.03. The molecule has 1 aromatic heterocycles. The van der Waals surface area contributed by atoms with Crippen molar-refractivity contribution in [2.75, 3.05) is 20.2 Å². The predicted octanol–water partition coefficient (Wildman–Crippen LogP) is 3.22. The van der Waals surface area contributed by atoms with E-state index in [1.807, 2.05) is 24.3 Å². The maximum absolute atomic E-state index is 12.4. The van der Waals surface area contributed by atoms with Crippen molar-refractivity contribution in [2.45, 2.75) is 19.2 Å². The Hall–Kier alpha value is -1.40. The highest BCUT2D eigenvalue weighted by molar-refractivity contribution is 7.10. The van der Waals surface area contributed by atoms with Crippen LogP contribution < -0.4 is 5.32 Å². The molecule has 3 rings (SSSR count). The summed E-state index contributed by atoms with van der Waals surface area (Å²) < 4.78 is 5.17. The van der Waals surface area contributed by atoms with E-state index >= 15 is 0 Å². The Morgan fingerprint density at radius 2 is 2.26 bits per heavy atom. The fourth-order valence-corrected chi connectivity index (χ4v) is 4.01. The van der Waals surface area contributed by atoms with Crippen molar-refractivity contribution in [2.24, 2.45) is 0 Å². The van der Waals surface area contributed by atoms with Gasteiger partial charge in [0.05, 0.1) is 6.61 Å². The molecular weight excluding hydrogens is 332 g/mol. The number of benzene rings is 1. The number of rotatable bonds is 5. The van der Waals surface area contributed by atoms with Gasteiger partial charge in [0.1, 0.15) is 6.04 Å². The maximum Gasteiger partial charge on any atom is 0.242 e. The van der Waals surface area contributed by atoms with Gasteiger partial charge in [-0.1, -0.05) is 29.8 Å². The summed E-state index contributed by atoms with van der Waals surface area (Å²) in [4.78, 5) is 15.8. The molecule has 6 heteroatoms. The van der Waals surface area contributed by atoms with Crippen LogP contribution in [0.1, 0.15) is 22.0 Å². The lowest BCUT2D eigenvalue weighted by molar-refractivity contribution is -0.129. The molecule has 2 heterocycles. The molecule has 0 bridgehead atoms. The molecule has 2 aromatic rings. The van der Waals surface area contributed by atoms with Crippen molar-refractivity contribution in [3.8, 4) is 0 Å². The Kier molecular flexibility index (Phi) is 5.33. The topological polar surface area (TPSA) is 41.6 Å². The Labute approximate surface area is 145 Å². The molecular formula is C17H19ClN2O2S. The van der Waals surface area contributed by atoms with Crippen molar-refractivity contribution in [3.63, 3.8) is 0 Å². The van der Waals surface area contributed by atoms with Crippen molar-refractivity contribution >= 4 is 28.8 Å². The second-order valence-corrected chi connectivity index (χ2v) is 6.94. The van der Waals surface area contributed by atoms with Gasteiger partial charge < -0.3 is 10.1 Å². The van der Waals surface area contributed by atoms with E-state index in [9.17, 15) is 4.79 Å². The zero-order chi connectivity index (χ0) is 16.2. The second kappa shape index (κ2) is 7.45. The van der Waals surface area contributed by atoms with Gasteiger partial charge in [0.25, 0.3) is 0 Å². The number of piperazine rings is 1. The number of hydrogen-bond acceptors (Lipinski definition) is 4. The lowest BCUT2D eigenvalue weighted by Crippen LogP contribution is -2.49. The van der Waals surface area contributed by atoms with Gasteiger partial charge in [-0.2, -0.15) is 0 Å². The van der Waals surface area contributed by atoms with Crippen molar-refractivity contribution < 1.29 is 9.53 Å². The predicted molar refractivity (Wildman–Crippen MR) is 92.6 cm³/mol. The number of ether oxygens (including phenoxy) is 1. The Morgan fingerprint density at radius 3 is 3.04 bits per heavy atom. The molecule has 122 valence electrons. The average Bonchev–Trinajstić information content (AvgIpc) is 2.96. The van der Waals surface area contributed by atoms with Gasteiger partial charge in [0.15, 0.2) is 0 Å². The average molecular weight is 351 g/mol. The number of methoxy groups -OCH3 is 1. The molecule has 1 N–H and O–H groups in total. The van der Waals surface area contributed by atoms with E-state index < -0.39 is 0 Å². The van der Waals surface area contributed by atoms with Crippen LogP contribution in [0.25, 0.3) is 0 Å². The van der Waals surface area contributed by atoms with Crippen LogP contribution in [0.3, 0.4) is 0 Å². The zero-order valence-corrected chi connectivity index (χ0v) is 14.5. The number of hydrogen-bond donors (Lipinski definition) is 1. The molecule has 1 unspecified atom stereocenters. The van der Waals surface area contributed by atoms with Crippen molar-refractivity contribution in [3.05, 3.63) is 56.7 Å². The molecule has 0 radical (unpaired) electrons. The van der Waals surface area contributed by atoms with Crippen molar-refractivity contribution in [1.29, 1.82) is 0 Å². The van der Waals surface area contributed by atoms with E-state index in [1.54, 1.807) is 18.4 Å². The summed E-state index contributed by atoms with van der Waals surface area (Å²) in [5, 5.41) is 5.68. The molecule has 1 atom stereocenters. The third-order valence-corrected chi connectivity index (χ3v) is 5.20. The zero-order valence-electron chi connectivity index (χ0n) is 12.9. The van der Waals surface area contributed by atoms with Crippen LogP contribution >= 0.6 is 22.9 Å². The van der Waals surface area contributed by atoms with Crippen LogP contribution in [-0.4, -0.2) is 31.0 Å². The molecule has 1 aromatic carbocycles. The van der Waals surface area contributed by atoms with Gasteiger partial charge in [-0.25, -0.2) is 0 Å². The molecule has 0 saturated carbocycles. The summed E-state index contributed by atoms with van der Waals surface area (Å²) in [6.07, 6.45) is 0. The minimum atomic E-state index is -0.342. The first-order chi connectivity index (χ1) is 11.2. The lowest BCUT2D eigenvalue weighted by atomic mass is 10.0. The van der Waals surface area contributed by atoms with E-state index in [4.69, 9.17) is 16.3 Å². The normalized spacial score (nSPS) is 18.9. The third-order valence-electron chi connectivity index (χ3n) is 3.89. The highest BCUT2D eigenvalue weighted by Gasteiger charge is 2.32. The van der Waals surface area contributed by atoms with Gasteiger partial charge in [-0.05, 0) is 28.6 Å². The molecule has 1 saturated heterocycles. The summed E-state index contributed by atoms with van der Waals surface area (Å²) >= 11 is 8.02. The quantitative estimate of drug-likeness (QED) is 0.900. The Balaban J connectivity index is 1.83. The van der Waals surface area contributed by atoms with E-state index in [0.717, 1.165) is 18.7 Å². The van der Waals surface area contributed by atoms with Gasteiger partial charge in [-0.15, -0.1) is 11.3 Å². The first kappa shape index (κ1) is 16.5.